The highest BCUT2D eigenvalue weighted by molar-refractivity contribution is 7.18. The molecular weight excluding hydrogens is 366 g/mol. The van der Waals surface area contributed by atoms with Gasteiger partial charge in [0.05, 0.1) is 15.2 Å². The molecule has 1 amide bonds. The molecule has 1 aliphatic rings. The van der Waals surface area contributed by atoms with Gasteiger partial charge in [-0.25, -0.2) is 4.98 Å². The fraction of sp³-hybridized carbons (Fsp3) is 0.391. The molecular formula is C23H27N3OS. The Morgan fingerprint density at radius 2 is 1.96 bits per heavy atom. The summed E-state index contributed by atoms with van der Waals surface area (Å²) in [5, 5.41) is 4.19. The Balaban J connectivity index is 1.27. The molecule has 1 atom stereocenters. The van der Waals surface area contributed by atoms with E-state index in [1.165, 1.54) is 15.8 Å². The van der Waals surface area contributed by atoms with Crippen LogP contribution >= 0.6 is 11.3 Å². The number of fused-ring (bicyclic) bond motifs is 2. The summed E-state index contributed by atoms with van der Waals surface area (Å²) in [5.41, 5.74) is 3.92. The molecule has 28 heavy (non-hydrogen) atoms. The van der Waals surface area contributed by atoms with Crippen LogP contribution in [0, 0.1) is 0 Å². The van der Waals surface area contributed by atoms with Crippen LogP contribution in [0.5, 0.6) is 0 Å². The molecule has 0 saturated heterocycles. The smallest absolute Gasteiger partial charge is 0.220 e. The minimum atomic E-state index is 0.120. The Bertz CT molecular complexity index is 919. The number of aryl methyl sites for hydroxylation is 1. The molecule has 2 aromatic carbocycles. The van der Waals surface area contributed by atoms with Crippen molar-refractivity contribution in [1.29, 1.82) is 0 Å². The van der Waals surface area contributed by atoms with Crippen LogP contribution in [0.25, 0.3) is 10.2 Å². The van der Waals surface area contributed by atoms with E-state index in [0.717, 1.165) is 43.0 Å². The van der Waals surface area contributed by atoms with E-state index in [1.807, 2.05) is 18.2 Å². The number of benzene rings is 2. The lowest BCUT2D eigenvalue weighted by atomic mass is 9.98. The maximum atomic E-state index is 12.4. The molecule has 4 rings (SSSR count). The summed E-state index contributed by atoms with van der Waals surface area (Å²) in [5.74, 6) is 0.120. The van der Waals surface area contributed by atoms with Gasteiger partial charge in [0, 0.05) is 38.5 Å². The summed E-state index contributed by atoms with van der Waals surface area (Å²) in [7, 11) is 0. The van der Waals surface area contributed by atoms with E-state index in [-0.39, 0.29) is 5.91 Å². The van der Waals surface area contributed by atoms with Gasteiger partial charge in [-0.05, 0) is 36.1 Å². The van der Waals surface area contributed by atoms with Gasteiger partial charge >= 0.3 is 0 Å². The summed E-state index contributed by atoms with van der Waals surface area (Å²) in [6.07, 6.45) is 3.34. The van der Waals surface area contributed by atoms with Gasteiger partial charge in [-0.2, -0.15) is 0 Å². The summed E-state index contributed by atoms with van der Waals surface area (Å²) in [6, 6.07) is 17.2. The zero-order valence-electron chi connectivity index (χ0n) is 16.4. The Labute approximate surface area is 170 Å². The average molecular weight is 394 g/mol. The van der Waals surface area contributed by atoms with Crippen molar-refractivity contribution >= 4 is 27.5 Å². The molecule has 4 nitrogen and oxygen atoms in total. The van der Waals surface area contributed by atoms with Gasteiger partial charge in [0.25, 0.3) is 0 Å². The molecule has 1 N–H and O–H groups in total. The van der Waals surface area contributed by atoms with Crippen molar-refractivity contribution in [3.8, 4) is 0 Å². The van der Waals surface area contributed by atoms with Crippen molar-refractivity contribution in [2.45, 2.75) is 45.2 Å². The molecule has 1 aliphatic heterocycles. The number of para-hydroxylation sites is 1. The second-order valence-corrected chi connectivity index (χ2v) is 8.55. The fourth-order valence-corrected chi connectivity index (χ4v) is 4.90. The molecule has 0 radical (unpaired) electrons. The number of hydrogen-bond acceptors (Lipinski definition) is 4. The predicted octanol–water partition coefficient (Wildman–Crippen LogP) is 4.18. The SMILES string of the molecule is CCC(CNC(=O)CCc1nc2ccccc2s1)N1CCc2ccccc2C1. The Hall–Kier alpha value is -2.24. The van der Waals surface area contributed by atoms with E-state index in [0.29, 0.717) is 18.9 Å². The number of rotatable bonds is 7. The van der Waals surface area contributed by atoms with Crippen molar-refractivity contribution in [2.75, 3.05) is 13.1 Å². The first kappa shape index (κ1) is 19.1. The van der Waals surface area contributed by atoms with Crippen molar-refractivity contribution in [2.24, 2.45) is 0 Å². The van der Waals surface area contributed by atoms with Gasteiger partial charge in [0.2, 0.25) is 5.91 Å². The third kappa shape index (κ3) is 4.42. The molecule has 146 valence electrons. The van der Waals surface area contributed by atoms with Gasteiger partial charge < -0.3 is 5.32 Å². The van der Waals surface area contributed by atoms with Crippen LogP contribution in [-0.2, 0) is 24.2 Å². The summed E-state index contributed by atoms with van der Waals surface area (Å²) in [6.45, 7) is 4.98. The van der Waals surface area contributed by atoms with E-state index in [1.54, 1.807) is 11.3 Å². The van der Waals surface area contributed by atoms with Crippen molar-refractivity contribution in [3.05, 3.63) is 64.7 Å². The van der Waals surface area contributed by atoms with E-state index >= 15 is 0 Å². The second-order valence-electron chi connectivity index (χ2n) is 7.43. The van der Waals surface area contributed by atoms with Gasteiger partial charge in [0.15, 0.2) is 0 Å². The van der Waals surface area contributed by atoms with Gasteiger partial charge in [-0.3, -0.25) is 9.69 Å². The standard InChI is InChI=1S/C23H27N3OS/c1-2-19(26-14-13-17-7-3-4-8-18(17)16-26)15-24-22(27)11-12-23-25-20-9-5-6-10-21(20)28-23/h3-10,19H,2,11-16H2,1H3,(H,24,27). The Morgan fingerprint density at radius 1 is 1.18 bits per heavy atom. The second kappa shape index (κ2) is 8.84. The summed E-state index contributed by atoms with van der Waals surface area (Å²) < 4.78 is 1.19. The number of thiazole rings is 1. The van der Waals surface area contributed by atoms with E-state index in [2.05, 4.69) is 52.5 Å². The van der Waals surface area contributed by atoms with Crippen LogP contribution in [0.2, 0.25) is 0 Å². The number of nitrogens with one attached hydrogen (secondary N) is 1. The van der Waals surface area contributed by atoms with Gasteiger partial charge in [-0.15, -0.1) is 11.3 Å². The Morgan fingerprint density at radius 3 is 2.79 bits per heavy atom. The number of amides is 1. The molecule has 0 bridgehead atoms. The minimum absolute atomic E-state index is 0.120. The predicted molar refractivity (Wildman–Crippen MR) is 116 cm³/mol. The summed E-state index contributed by atoms with van der Waals surface area (Å²) in [4.78, 5) is 19.5. The minimum Gasteiger partial charge on any atom is -0.355 e. The lowest BCUT2D eigenvalue weighted by Gasteiger charge is -2.35. The van der Waals surface area contributed by atoms with Crippen LogP contribution in [0.4, 0.5) is 0 Å². The summed E-state index contributed by atoms with van der Waals surface area (Å²) >= 11 is 1.69. The highest BCUT2D eigenvalue weighted by Gasteiger charge is 2.22. The normalized spacial score (nSPS) is 15.3. The zero-order valence-corrected chi connectivity index (χ0v) is 17.2. The van der Waals surface area contributed by atoms with Crippen LogP contribution < -0.4 is 5.32 Å². The number of carbonyl (C=O) groups is 1. The van der Waals surface area contributed by atoms with Crippen LogP contribution in [-0.4, -0.2) is 34.9 Å². The first-order valence-electron chi connectivity index (χ1n) is 10.1. The first-order valence-corrected chi connectivity index (χ1v) is 11.0. The lowest BCUT2D eigenvalue weighted by molar-refractivity contribution is -0.121. The fourth-order valence-electron chi connectivity index (χ4n) is 3.93. The topological polar surface area (TPSA) is 45.2 Å². The third-order valence-electron chi connectivity index (χ3n) is 5.59. The van der Waals surface area contributed by atoms with Gasteiger partial charge in [0.1, 0.15) is 0 Å². The van der Waals surface area contributed by atoms with Crippen molar-refractivity contribution in [3.63, 3.8) is 0 Å². The maximum absolute atomic E-state index is 12.4. The van der Waals surface area contributed by atoms with Gasteiger partial charge in [-0.1, -0.05) is 43.3 Å². The monoisotopic (exact) mass is 393 g/mol. The third-order valence-corrected chi connectivity index (χ3v) is 6.68. The number of carbonyl (C=O) groups excluding carboxylic acids is 1. The molecule has 1 unspecified atom stereocenters. The van der Waals surface area contributed by atoms with Crippen LogP contribution in [0.1, 0.15) is 35.9 Å². The number of nitrogens with zero attached hydrogens (tertiary/aromatic N) is 2. The quantitative estimate of drug-likeness (QED) is 0.655. The van der Waals surface area contributed by atoms with Crippen LogP contribution in [0.3, 0.4) is 0 Å². The van der Waals surface area contributed by atoms with Crippen molar-refractivity contribution < 1.29 is 4.79 Å². The average Bonchev–Trinajstić information content (AvgIpc) is 3.15. The molecule has 3 aromatic rings. The molecule has 1 aromatic heterocycles. The van der Waals surface area contributed by atoms with E-state index < -0.39 is 0 Å². The Kier molecular flexibility index (Phi) is 6.03. The molecule has 0 aliphatic carbocycles. The highest BCUT2D eigenvalue weighted by Crippen LogP contribution is 2.23. The largest absolute Gasteiger partial charge is 0.355 e. The molecule has 0 spiro atoms. The zero-order chi connectivity index (χ0) is 19.3. The van der Waals surface area contributed by atoms with Crippen LogP contribution in [0.15, 0.2) is 48.5 Å². The number of aromatic nitrogens is 1. The molecule has 5 heteroatoms. The lowest BCUT2D eigenvalue weighted by Crippen LogP contribution is -2.45. The number of hydrogen-bond donors (Lipinski definition) is 1. The molecule has 0 fully saturated rings. The molecule has 0 saturated carbocycles. The maximum Gasteiger partial charge on any atom is 0.220 e. The molecule has 2 heterocycles. The first-order chi connectivity index (χ1) is 13.7. The van der Waals surface area contributed by atoms with E-state index in [9.17, 15) is 4.79 Å². The van der Waals surface area contributed by atoms with Crippen molar-refractivity contribution in [1.82, 2.24) is 15.2 Å². The van der Waals surface area contributed by atoms with E-state index in [4.69, 9.17) is 0 Å². The highest BCUT2D eigenvalue weighted by atomic mass is 32.1.